The Bertz CT molecular complexity index is 1240. The van der Waals surface area contributed by atoms with Crippen molar-refractivity contribution >= 4 is 29.3 Å². The molecule has 1 aromatic heterocycles. The molecule has 1 amide bonds. The number of nitrogens with zero attached hydrogens (tertiary/aromatic N) is 2. The number of alkyl halides is 1. The van der Waals surface area contributed by atoms with E-state index >= 15 is 0 Å². The van der Waals surface area contributed by atoms with Gasteiger partial charge in [-0.15, -0.1) is 18.2 Å². The van der Waals surface area contributed by atoms with Crippen LogP contribution in [-0.2, 0) is 11.3 Å². The summed E-state index contributed by atoms with van der Waals surface area (Å²) in [6, 6.07) is 30.0. The topological polar surface area (TPSA) is 46.9 Å². The van der Waals surface area contributed by atoms with Crippen molar-refractivity contribution in [3.8, 4) is 22.5 Å². The van der Waals surface area contributed by atoms with Gasteiger partial charge in [-0.05, 0) is 12.0 Å². The van der Waals surface area contributed by atoms with E-state index in [1.807, 2.05) is 72.8 Å². The molecule has 0 aliphatic heterocycles. The molecule has 1 heterocycles. The molecule has 4 aromatic rings. The number of aromatic nitrogens is 2. The summed E-state index contributed by atoms with van der Waals surface area (Å²) in [6.45, 7) is 5.18. The molecule has 4 rings (SSSR count). The highest BCUT2D eigenvalue weighted by Crippen LogP contribution is 2.36. The van der Waals surface area contributed by atoms with Crippen LogP contribution in [-0.4, -0.2) is 27.8 Å². The Morgan fingerprint density at radius 1 is 0.971 bits per heavy atom. The van der Waals surface area contributed by atoms with Gasteiger partial charge in [-0.2, -0.15) is 0 Å². The van der Waals surface area contributed by atoms with E-state index in [2.05, 4.69) is 40.7 Å². The molecule has 0 saturated heterocycles. The van der Waals surface area contributed by atoms with Crippen LogP contribution in [0.5, 0.6) is 0 Å². The summed E-state index contributed by atoms with van der Waals surface area (Å²) in [5.41, 5.74) is 5.04. The highest BCUT2D eigenvalue weighted by Gasteiger charge is 2.20. The fraction of sp³-hybridized carbons (Fsp3) is 0.172. The maximum Gasteiger partial charge on any atom is 0.242 e. The van der Waals surface area contributed by atoms with Crippen molar-refractivity contribution in [1.82, 2.24) is 14.9 Å². The van der Waals surface area contributed by atoms with Crippen LogP contribution >= 0.6 is 23.4 Å². The Hall–Kier alpha value is -3.28. The van der Waals surface area contributed by atoms with Gasteiger partial charge in [0.15, 0.2) is 5.16 Å². The van der Waals surface area contributed by atoms with Crippen molar-refractivity contribution in [1.29, 1.82) is 0 Å². The first-order valence-electron chi connectivity index (χ1n) is 11.6. The van der Waals surface area contributed by atoms with Crippen LogP contribution in [0.4, 0.5) is 0 Å². The Kier molecular flexibility index (Phi) is 8.82. The number of imidazole rings is 1. The third-order valence-corrected chi connectivity index (χ3v) is 7.03. The molecular weight excluding hydrogens is 474 g/mol. The third-order valence-electron chi connectivity index (χ3n) is 5.51. The number of benzene rings is 3. The van der Waals surface area contributed by atoms with Crippen LogP contribution < -0.4 is 5.32 Å². The minimum absolute atomic E-state index is 0.172. The first-order chi connectivity index (χ1) is 17.2. The van der Waals surface area contributed by atoms with Gasteiger partial charge in [0, 0.05) is 30.0 Å². The largest absolute Gasteiger partial charge is 0.354 e. The van der Waals surface area contributed by atoms with Crippen LogP contribution in [0.1, 0.15) is 17.4 Å². The van der Waals surface area contributed by atoms with E-state index in [9.17, 15) is 4.79 Å². The summed E-state index contributed by atoms with van der Waals surface area (Å²) < 4.78 is 2.22. The van der Waals surface area contributed by atoms with Gasteiger partial charge in [0.2, 0.25) is 5.91 Å². The van der Waals surface area contributed by atoms with E-state index in [0.29, 0.717) is 13.1 Å². The van der Waals surface area contributed by atoms with Gasteiger partial charge >= 0.3 is 0 Å². The summed E-state index contributed by atoms with van der Waals surface area (Å²) in [4.78, 5) is 17.4. The van der Waals surface area contributed by atoms with Gasteiger partial charge in [-0.25, -0.2) is 4.98 Å². The zero-order valence-electron chi connectivity index (χ0n) is 19.4. The number of hydrogen-bond acceptors (Lipinski definition) is 3. The number of hydrogen-bond donors (Lipinski definition) is 1. The lowest BCUT2D eigenvalue weighted by atomic mass is 10.0. The zero-order chi connectivity index (χ0) is 24.5. The van der Waals surface area contributed by atoms with Crippen LogP contribution in [0.25, 0.3) is 22.5 Å². The van der Waals surface area contributed by atoms with Crippen molar-refractivity contribution in [2.45, 2.75) is 23.5 Å². The third kappa shape index (κ3) is 6.24. The van der Waals surface area contributed by atoms with E-state index < -0.39 is 5.38 Å². The second kappa shape index (κ2) is 12.4. The molecule has 178 valence electrons. The van der Waals surface area contributed by atoms with Crippen LogP contribution in [0, 0.1) is 0 Å². The highest BCUT2D eigenvalue weighted by atomic mass is 35.5. The molecule has 4 nitrogen and oxygen atoms in total. The monoisotopic (exact) mass is 501 g/mol. The highest BCUT2D eigenvalue weighted by molar-refractivity contribution is 7.99. The van der Waals surface area contributed by atoms with Gasteiger partial charge in [-0.1, -0.05) is 109 Å². The number of thioether (sulfide) groups is 1. The van der Waals surface area contributed by atoms with E-state index in [0.717, 1.165) is 45.4 Å². The number of rotatable bonds is 11. The molecule has 0 aliphatic rings. The standard InChI is InChI=1S/C29H28ClN3OS/c1-2-20-33-27(24-17-10-5-11-18-24)26(23-15-8-4-9-16-23)32-29(33)35-21-12-19-31-28(34)25(30)22-13-6-3-7-14-22/h2-11,13-18,25H,1,12,19-21H2,(H,31,34). The molecule has 0 bridgehead atoms. The summed E-state index contributed by atoms with van der Waals surface area (Å²) >= 11 is 8.01. The Morgan fingerprint density at radius 3 is 2.20 bits per heavy atom. The lowest BCUT2D eigenvalue weighted by molar-refractivity contribution is -0.120. The van der Waals surface area contributed by atoms with Gasteiger partial charge in [-0.3, -0.25) is 4.79 Å². The molecule has 35 heavy (non-hydrogen) atoms. The second-order valence-corrected chi connectivity index (χ2v) is 9.49. The molecular formula is C29H28ClN3OS. The predicted molar refractivity (Wildman–Crippen MR) is 147 cm³/mol. The van der Waals surface area contributed by atoms with Crippen LogP contribution in [0.15, 0.2) is 109 Å². The molecule has 3 aromatic carbocycles. The second-order valence-electron chi connectivity index (χ2n) is 7.99. The predicted octanol–water partition coefficient (Wildman–Crippen LogP) is 6.98. The number of allylic oxidation sites excluding steroid dienone is 1. The van der Waals surface area contributed by atoms with Gasteiger partial charge < -0.3 is 9.88 Å². The average molecular weight is 502 g/mol. The number of halogens is 1. The Morgan fingerprint density at radius 2 is 1.57 bits per heavy atom. The fourth-order valence-electron chi connectivity index (χ4n) is 3.84. The van der Waals surface area contributed by atoms with Crippen molar-refractivity contribution in [3.63, 3.8) is 0 Å². The van der Waals surface area contributed by atoms with Gasteiger partial charge in [0.25, 0.3) is 0 Å². The summed E-state index contributed by atoms with van der Waals surface area (Å²) in [5.74, 6) is 0.642. The SMILES string of the molecule is C=CCn1c(SCCCNC(=O)C(Cl)c2ccccc2)nc(-c2ccccc2)c1-c1ccccc1. The smallest absolute Gasteiger partial charge is 0.242 e. The molecule has 0 fully saturated rings. The molecule has 0 radical (unpaired) electrons. The van der Waals surface area contributed by atoms with Gasteiger partial charge in [0.05, 0.1) is 11.4 Å². The maximum absolute atomic E-state index is 12.4. The Balaban J connectivity index is 1.46. The van der Waals surface area contributed by atoms with E-state index in [1.54, 1.807) is 11.8 Å². The summed E-state index contributed by atoms with van der Waals surface area (Å²) in [6.07, 6.45) is 2.70. The van der Waals surface area contributed by atoms with E-state index in [-0.39, 0.29) is 5.91 Å². The lowest BCUT2D eigenvalue weighted by Crippen LogP contribution is -2.28. The summed E-state index contributed by atoms with van der Waals surface area (Å²) in [5, 5.41) is 3.20. The van der Waals surface area contributed by atoms with Gasteiger partial charge in [0.1, 0.15) is 5.38 Å². The van der Waals surface area contributed by atoms with Crippen molar-refractivity contribution < 1.29 is 4.79 Å². The van der Waals surface area contributed by atoms with Crippen molar-refractivity contribution in [2.75, 3.05) is 12.3 Å². The molecule has 1 unspecified atom stereocenters. The minimum Gasteiger partial charge on any atom is -0.354 e. The molecule has 0 saturated carbocycles. The van der Waals surface area contributed by atoms with Crippen LogP contribution in [0.2, 0.25) is 0 Å². The summed E-state index contributed by atoms with van der Waals surface area (Å²) in [7, 11) is 0. The quantitative estimate of drug-likeness (QED) is 0.104. The zero-order valence-corrected chi connectivity index (χ0v) is 21.0. The number of carbonyl (C=O) groups is 1. The average Bonchev–Trinajstić information content (AvgIpc) is 3.27. The first kappa shape index (κ1) is 24.8. The number of amides is 1. The fourth-order valence-corrected chi connectivity index (χ4v) is 5.01. The maximum atomic E-state index is 12.4. The molecule has 0 aliphatic carbocycles. The minimum atomic E-state index is -0.683. The number of carbonyl (C=O) groups excluding carboxylic acids is 1. The van der Waals surface area contributed by atoms with Crippen LogP contribution in [0.3, 0.4) is 0 Å². The molecule has 1 N–H and O–H groups in total. The normalized spacial score (nSPS) is 11.7. The van der Waals surface area contributed by atoms with Crippen molar-refractivity contribution in [3.05, 3.63) is 109 Å². The lowest BCUT2D eigenvalue weighted by Gasteiger charge is -2.12. The number of nitrogens with one attached hydrogen (secondary N) is 1. The van der Waals surface area contributed by atoms with E-state index in [4.69, 9.17) is 16.6 Å². The molecule has 0 spiro atoms. The molecule has 1 atom stereocenters. The van der Waals surface area contributed by atoms with E-state index in [1.165, 1.54) is 0 Å². The van der Waals surface area contributed by atoms with Crippen molar-refractivity contribution in [2.24, 2.45) is 0 Å². The first-order valence-corrected chi connectivity index (χ1v) is 13.0. The molecule has 6 heteroatoms. The Labute approximate surface area is 216 Å².